The van der Waals surface area contributed by atoms with Crippen molar-refractivity contribution in [3.8, 4) is 5.69 Å². The number of benzene rings is 3. The molecular formula is C27H23N5OS2. The molecule has 3 aromatic carbocycles. The number of rotatable bonds is 7. The van der Waals surface area contributed by atoms with Crippen LogP contribution in [0.3, 0.4) is 0 Å². The molecule has 0 unspecified atom stereocenters. The second-order valence-corrected chi connectivity index (χ2v) is 10.2. The molecule has 5 aromatic rings. The summed E-state index contributed by atoms with van der Waals surface area (Å²) in [4.78, 5) is 17.2. The summed E-state index contributed by atoms with van der Waals surface area (Å²) >= 11 is 3.40. The Morgan fingerprint density at radius 2 is 1.77 bits per heavy atom. The minimum absolute atomic E-state index is 0.252. The molecule has 174 valence electrons. The summed E-state index contributed by atoms with van der Waals surface area (Å²) in [7, 11) is 0. The van der Waals surface area contributed by atoms with Crippen LogP contribution in [0.25, 0.3) is 15.9 Å². The average Bonchev–Trinajstić information content (AvgIpc) is 3.44. The number of hydrazone groups is 1. The second kappa shape index (κ2) is 10.2. The number of carbonyl (C=O) groups excluding carboxylic acids is 1. The zero-order valence-corrected chi connectivity index (χ0v) is 20.9. The lowest BCUT2D eigenvalue weighted by atomic mass is 10.1. The largest absolute Gasteiger partial charge is 0.271 e. The predicted molar refractivity (Wildman–Crippen MR) is 144 cm³/mol. The van der Waals surface area contributed by atoms with Crippen LogP contribution in [0, 0.1) is 13.8 Å². The van der Waals surface area contributed by atoms with E-state index in [1.165, 1.54) is 4.70 Å². The van der Waals surface area contributed by atoms with E-state index in [1.807, 2.05) is 91.3 Å². The number of hydrogen-bond acceptors (Lipinski definition) is 6. The maximum Gasteiger partial charge on any atom is 0.271 e. The van der Waals surface area contributed by atoms with Crippen LogP contribution in [-0.2, 0) is 5.75 Å². The minimum atomic E-state index is -0.252. The Kier molecular flexibility index (Phi) is 6.74. The Bertz CT molecular complexity index is 1470. The number of amides is 1. The van der Waals surface area contributed by atoms with Gasteiger partial charge in [0.1, 0.15) is 0 Å². The molecule has 0 aliphatic carbocycles. The van der Waals surface area contributed by atoms with E-state index in [1.54, 1.807) is 29.3 Å². The van der Waals surface area contributed by atoms with Crippen LogP contribution in [0.2, 0.25) is 0 Å². The van der Waals surface area contributed by atoms with Crippen LogP contribution in [0.5, 0.6) is 0 Å². The summed E-state index contributed by atoms with van der Waals surface area (Å²) in [6.07, 6.45) is 1.65. The molecule has 6 nitrogen and oxygen atoms in total. The number of aromatic nitrogens is 3. The summed E-state index contributed by atoms with van der Waals surface area (Å²) in [6.45, 7) is 3.92. The number of nitrogens with one attached hydrogen (secondary N) is 1. The van der Waals surface area contributed by atoms with Crippen molar-refractivity contribution in [1.29, 1.82) is 0 Å². The zero-order valence-electron chi connectivity index (χ0n) is 19.3. The number of nitrogens with zero attached hydrogens (tertiary/aromatic N) is 4. The first-order chi connectivity index (χ1) is 17.1. The highest BCUT2D eigenvalue weighted by Gasteiger charge is 2.11. The molecule has 2 heterocycles. The molecule has 0 aliphatic rings. The van der Waals surface area contributed by atoms with Gasteiger partial charge < -0.3 is 0 Å². The molecular weight excluding hydrogens is 474 g/mol. The van der Waals surface area contributed by atoms with Crippen LogP contribution >= 0.6 is 23.1 Å². The Hall–Kier alpha value is -3.75. The Balaban J connectivity index is 1.19. The number of fused-ring (bicyclic) bond motifs is 1. The van der Waals surface area contributed by atoms with Gasteiger partial charge in [0.05, 0.1) is 33.5 Å². The Morgan fingerprint density at radius 1 is 1.03 bits per heavy atom. The maximum absolute atomic E-state index is 12.6. The lowest BCUT2D eigenvalue weighted by Gasteiger charge is -2.04. The van der Waals surface area contributed by atoms with E-state index >= 15 is 0 Å². The Morgan fingerprint density at radius 3 is 2.54 bits per heavy atom. The van der Waals surface area contributed by atoms with Crippen LogP contribution in [0.4, 0.5) is 0 Å². The molecule has 1 N–H and O–H groups in total. The molecule has 0 radical (unpaired) electrons. The molecule has 0 fully saturated rings. The van der Waals surface area contributed by atoms with E-state index in [0.29, 0.717) is 5.56 Å². The molecule has 0 spiro atoms. The SMILES string of the molecule is Cc1nn(-c2ccccc2)c(C)c1C=NNC(=O)c1ccc(CSc2nc3ccccc3s2)cc1. The normalized spacial score (nSPS) is 11.4. The third kappa shape index (κ3) is 5.18. The third-order valence-corrected chi connectivity index (χ3v) is 7.81. The van der Waals surface area contributed by atoms with Crippen molar-refractivity contribution in [1.82, 2.24) is 20.2 Å². The topological polar surface area (TPSA) is 72.2 Å². The number of thiazole rings is 1. The van der Waals surface area contributed by atoms with Gasteiger partial charge in [-0.3, -0.25) is 4.79 Å². The van der Waals surface area contributed by atoms with Gasteiger partial charge in [0.2, 0.25) is 0 Å². The smallest absolute Gasteiger partial charge is 0.267 e. The van der Waals surface area contributed by atoms with E-state index < -0.39 is 0 Å². The van der Waals surface area contributed by atoms with Crippen molar-refractivity contribution in [3.63, 3.8) is 0 Å². The van der Waals surface area contributed by atoms with Gasteiger partial charge in [-0.15, -0.1) is 11.3 Å². The van der Waals surface area contributed by atoms with Gasteiger partial charge in [-0.25, -0.2) is 15.1 Å². The quantitative estimate of drug-likeness (QED) is 0.166. The first-order valence-corrected chi connectivity index (χ1v) is 12.9. The van der Waals surface area contributed by atoms with Crippen LogP contribution < -0.4 is 5.43 Å². The summed E-state index contributed by atoms with van der Waals surface area (Å²) in [5.74, 6) is 0.543. The molecule has 0 bridgehead atoms. The van der Waals surface area contributed by atoms with Crippen molar-refractivity contribution in [2.45, 2.75) is 23.9 Å². The molecule has 5 rings (SSSR count). The monoisotopic (exact) mass is 497 g/mol. The highest BCUT2D eigenvalue weighted by atomic mass is 32.2. The molecule has 2 aromatic heterocycles. The van der Waals surface area contributed by atoms with Crippen molar-refractivity contribution in [2.75, 3.05) is 0 Å². The van der Waals surface area contributed by atoms with Gasteiger partial charge in [0.25, 0.3) is 5.91 Å². The fraction of sp³-hybridized carbons (Fsp3) is 0.111. The van der Waals surface area contributed by atoms with E-state index in [9.17, 15) is 4.79 Å². The fourth-order valence-corrected chi connectivity index (χ4v) is 5.72. The summed E-state index contributed by atoms with van der Waals surface area (Å²) < 4.78 is 4.12. The van der Waals surface area contributed by atoms with E-state index in [0.717, 1.165) is 43.8 Å². The predicted octanol–water partition coefficient (Wildman–Crippen LogP) is 6.16. The molecule has 8 heteroatoms. The van der Waals surface area contributed by atoms with Crippen molar-refractivity contribution < 1.29 is 4.79 Å². The van der Waals surface area contributed by atoms with E-state index in [-0.39, 0.29) is 5.91 Å². The number of para-hydroxylation sites is 2. The summed E-state index contributed by atoms with van der Waals surface area (Å²) in [6, 6.07) is 25.7. The maximum atomic E-state index is 12.6. The summed E-state index contributed by atoms with van der Waals surface area (Å²) in [5, 5.41) is 8.78. The third-order valence-electron chi connectivity index (χ3n) is 5.56. The van der Waals surface area contributed by atoms with Crippen LogP contribution in [0.15, 0.2) is 88.3 Å². The fourth-order valence-electron chi connectivity index (χ4n) is 3.69. The van der Waals surface area contributed by atoms with Gasteiger partial charge in [0.15, 0.2) is 4.34 Å². The van der Waals surface area contributed by atoms with Crippen LogP contribution in [-0.4, -0.2) is 26.9 Å². The number of hydrogen-bond donors (Lipinski definition) is 1. The average molecular weight is 498 g/mol. The molecule has 35 heavy (non-hydrogen) atoms. The van der Waals surface area contributed by atoms with Crippen molar-refractivity contribution in [3.05, 3.63) is 107 Å². The Labute approximate surface area is 211 Å². The zero-order chi connectivity index (χ0) is 24.2. The second-order valence-electron chi connectivity index (χ2n) is 7.96. The van der Waals surface area contributed by atoms with Gasteiger partial charge in [-0.2, -0.15) is 10.2 Å². The highest BCUT2D eigenvalue weighted by molar-refractivity contribution is 8.00. The van der Waals surface area contributed by atoms with E-state index in [4.69, 9.17) is 0 Å². The summed E-state index contributed by atoms with van der Waals surface area (Å²) in [5.41, 5.74) is 9.03. The lowest BCUT2D eigenvalue weighted by Crippen LogP contribution is -2.17. The van der Waals surface area contributed by atoms with E-state index in [2.05, 4.69) is 26.7 Å². The number of aryl methyl sites for hydroxylation is 1. The highest BCUT2D eigenvalue weighted by Crippen LogP contribution is 2.31. The van der Waals surface area contributed by atoms with Crippen molar-refractivity contribution in [2.24, 2.45) is 5.10 Å². The number of thioether (sulfide) groups is 1. The van der Waals surface area contributed by atoms with Crippen molar-refractivity contribution >= 4 is 45.4 Å². The van der Waals surface area contributed by atoms with Gasteiger partial charge in [-0.05, 0) is 55.8 Å². The molecule has 0 aliphatic heterocycles. The standard InChI is InChI=1S/C27H23N5OS2/c1-18-23(19(2)32(31-18)22-8-4-3-5-9-22)16-28-30-26(33)21-14-12-20(13-15-21)17-34-27-29-24-10-6-7-11-25(24)35-27/h3-16H,17H2,1-2H3,(H,30,33). The minimum Gasteiger partial charge on any atom is -0.267 e. The lowest BCUT2D eigenvalue weighted by molar-refractivity contribution is 0.0955. The van der Waals surface area contributed by atoms with Gasteiger partial charge in [-0.1, -0.05) is 54.2 Å². The van der Waals surface area contributed by atoms with Gasteiger partial charge >= 0.3 is 0 Å². The molecule has 0 saturated carbocycles. The molecule has 0 atom stereocenters. The first-order valence-electron chi connectivity index (χ1n) is 11.1. The first kappa shape index (κ1) is 23.0. The molecule has 1 amide bonds. The van der Waals surface area contributed by atoms with Gasteiger partial charge in [0, 0.05) is 16.9 Å². The number of carbonyl (C=O) groups is 1. The molecule has 0 saturated heterocycles. The van der Waals surface area contributed by atoms with Crippen LogP contribution in [0.1, 0.15) is 32.9 Å².